The maximum absolute atomic E-state index is 11.8. The second kappa shape index (κ2) is 3.48. The van der Waals surface area contributed by atoms with Gasteiger partial charge in [-0.1, -0.05) is 0 Å². The van der Waals surface area contributed by atoms with Crippen molar-refractivity contribution in [2.75, 3.05) is 14.2 Å². The lowest BCUT2D eigenvalue weighted by molar-refractivity contribution is -0.162. The smallest absolute Gasteiger partial charge is 0.358 e. The van der Waals surface area contributed by atoms with E-state index in [4.69, 9.17) is 0 Å². The number of amides is 4. The van der Waals surface area contributed by atoms with Crippen LogP contribution >= 0.6 is 0 Å². The summed E-state index contributed by atoms with van der Waals surface area (Å²) in [6.07, 6.45) is 0. The first-order valence-electron chi connectivity index (χ1n) is 4.79. The number of hydrogen-bond donors (Lipinski definition) is 4. The standard InChI is InChI=1S/C8H10N4O6/c1-17-3(13)7-8(4(14)18-2,11-5(15)9-7)12-6(16)10-7/h1-2H3,(H2,9,11,15)(H2,10,12,16). The average Bonchev–Trinajstić information content (AvgIpc) is 2.75. The van der Waals surface area contributed by atoms with E-state index in [1.165, 1.54) is 0 Å². The lowest BCUT2D eigenvalue weighted by Crippen LogP contribution is -2.74. The Morgan fingerprint density at radius 3 is 1.33 bits per heavy atom. The number of nitrogens with one attached hydrogen (secondary N) is 4. The highest BCUT2D eigenvalue weighted by atomic mass is 16.5. The third-order valence-electron chi connectivity index (χ3n) is 2.75. The summed E-state index contributed by atoms with van der Waals surface area (Å²) in [5, 5.41) is 8.59. The van der Waals surface area contributed by atoms with Gasteiger partial charge < -0.3 is 30.7 Å². The summed E-state index contributed by atoms with van der Waals surface area (Å²) in [5.41, 5.74) is -4.16. The quantitative estimate of drug-likeness (QED) is 0.399. The van der Waals surface area contributed by atoms with Gasteiger partial charge in [0.2, 0.25) is 0 Å². The van der Waals surface area contributed by atoms with E-state index in [1.54, 1.807) is 0 Å². The molecule has 0 atom stereocenters. The molecule has 2 aliphatic heterocycles. The number of esters is 2. The third kappa shape index (κ3) is 1.16. The molecule has 0 aromatic rings. The molecular weight excluding hydrogens is 248 g/mol. The van der Waals surface area contributed by atoms with Crippen molar-refractivity contribution >= 4 is 24.0 Å². The van der Waals surface area contributed by atoms with E-state index in [2.05, 4.69) is 30.7 Å². The first-order chi connectivity index (χ1) is 8.41. The van der Waals surface area contributed by atoms with Gasteiger partial charge in [-0.05, 0) is 0 Å². The second-order valence-electron chi connectivity index (χ2n) is 3.64. The minimum absolute atomic E-state index is 0.835. The SMILES string of the molecule is COC(=O)C12NC(=O)NC1(C(=O)OC)NC(=O)N2. The fourth-order valence-corrected chi connectivity index (χ4v) is 2.00. The van der Waals surface area contributed by atoms with Gasteiger partial charge in [0.1, 0.15) is 0 Å². The van der Waals surface area contributed by atoms with Crippen molar-refractivity contribution in [3.05, 3.63) is 0 Å². The largest absolute Gasteiger partial charge is 0.466 e. The summed E-state index contributed by atoms with van der Waals surface area (Å²) in [6.45, 7) is 0. The molecule has 0 aliphatic carbocycles. The van der Waals surface area contributed by atoms with Gasteiger partial charge in [-0.3, -0.25) is 0 Å². The lowest BCUT2D eigenvalue weighted by Gasteiger charge is -2.31. The fraction of sp³-hybridized carbons (Fsp3) is 0.500. The summed E-state index contributed by atoms with van der Waals surface area (Å²) >= 11 is 0. The summed E-state index contributed by atoms with van der Waals surface area (Å²) < 4.78 is 9.00. The Kier molecular flexibility index (Phi) is 2.31. The molecular formula is C8H10N4O6. The molecule has 2 saturated heterocycles. The van der Waals surface area contributed by atoms with Crippen molar-refractivity contribution in [2.24, 2.45) is 0 Å². The Hall–Kier alpha value is -2.52. The molecule has 0 aromatic carbocycles. The van der Waals surface area contributed by atoms with Crippen LogP contribution in [0.25, 0.3) is 0 Å². The first kappa shape index (κ1) is 12.0. The molecule has 4 N–H and O–H groups in total. The van der Waals surface area contributed by atoms with Crippen molar-refractivity contribution in [2.45, 2.75) is 11.3 Å². The van der Waals surface area contributed by atoms with Crippen LogP contribution in [0.4, 0.5) is 9.59 Å². The van der Waals surface area contributed by atoms with Crippen LogP contribution in [-0.4, -0.2) is 49.5 Å². The van der Waals surface area contributed by atoms with Gasteiger partial charge in [0, 0.05) is 0 Å². The fourth-order valence-electron chi connectivity index (χ4n) is 2.00. The predicted molar refractivity (Wildman–Crippen MR) is 52.8 cm³/mol. The zero-order valence-corrected chi connectivity index (χ0v) is 9.45. The van der Waals surface area contributed by atoms with Crippen molar-refractivity contribution in [1.82, 2.24) is 21.3 Å². The maximum atomic E-state index is 11.8. The molecule has 2 fully saturated rings. The molecule has 0 saturated carbocycles. The van der Waals surface area contributed by atoms with Crippen LogP contribution in [0.3, 0.4) is 0 Å². The Morgan fingerprint density at radius 1 is 0.833 bits per heavy atom. The Balaban J connectivity index is 2.57. The molecule has 0 aromatic heterocycles. The molecule has 18 heavy (non-hydrogen) atoms. The summed E-state index contributed by atoms with van der Waals surface area (Å²) in [5.74, 6) is -2.05. The van der Waals surface area contributed by atoms with E-state index < -0.39 is 35.3 Å². The zero-order valence-electron chi connectivity index (χ0n) is 9.45. The number of urea groups is 2. The summed E-state index contributed by atoms with van der Waals surface area (Å²) in [7, 11) is 2.10. The average molecular weight is 258 g/mol. The van der Waals surface area contributed by atoms with Gasteiger partial charge in [0.05, 0.1) is 14.2 Å². The van der Waals surface area contributed by atoms with Gasteiger partial charge in [-0.15, -0.1) is 0 Å². The molecule has 2 rings (SSSR count). The third-order valence-corrected chi connectivity index (χ3v) is 2.75. The maximum Gasteiger partial charge on any atom is 0.358 e. The number of hydrogen-bond acceptors (Lipinski definition) is 6. The van der Waals surface area contributed by atoms with Crippen molar-refractivity contribution in [3.8, 4) is 0 Å². The molecule has 10 heteroatoms. The van der Waals surface area contributed by atoms with E-state index in [1.807, 2.05) is 0 Å². The lowest BCUT2D eigenvalue weighted by atomic mass is 9.96. The first-order valence-corrected chi connectivity index (χ1v) is 4.79. The highest BCUT2D eigenvalue weighted by Crippen LogP contribution is 2.29. The van der Waals surface area contributed by atoms with E-state index in [9.17, 15) is 19.2 Å². The molecule has 0 unspecified atom stereocenters. The minimum Gasteiger partial charge on any atom is -0.466 e. The van der Waals surface area contributed by atoms with Crippen molar-refractivity contribution < 1.29 is 28.7 Å². The van der Waals surface area contributed by atoms with E-state index >= 15 is 0 Å². The van der Waals surface area contributed by atoms with Crippen molar-refractivity contribution in [1.29, 1.82) is 0 Å². The van der Waals surface area contributed by atoms with Crippen LogP contribution in [-0.2, 0) is 19.1 Å². The number of rotatable bonds is 2. The normalized spacial score (nSPS) is 32.6. The van der Waals surface area contributed by atoms with Crippen LogP contribution in [0.5, 0.6) is 0 Å². The molecule has 4 amide bonds. The van der Waals surface area contributed by atoms with Gasteiger partial charge in [0.25, 0.3) is 11.3 Å². The summed E-state index contributed by atoms with van der Waals surface area (Å²) in [6, 6.07) is -1.67. The van der Waals surface area contributed by atoms with Crippen LogP contribution in [0.15, 0.2) is 0 Å². The number of ether oxygens (including phenoxy) is 2. The Bertz CT molecular complexity index is 403. The van der Waals surface area contributed by atoms with Crippen molar-refractivity contribution in [3.63, 3.8) is 0 Å². The van der Waals surface area contributed by atoms with Gasteiger partial charge in [-0.2, -0.15) is 0 Å². The minimum atomic E-state index is -2.08. The Morgan fingerprint density at radius 2 is 1.11 bits per heavy atom. The number of carbonyl (C=O) groups excluding carboxylic acids is 4. The molecule has 98 valence electrons. The second-order valence-corrected chi connectivity index (χ2v) is 3.64. The van der Waals surface area contributed by atoms with Crippen LogP contribution < -0.4 is 21.3 Å². The monoisotopic (exact) mass is 258 g/mol. The Labute approximate surface area is 100 Å². The topological polar surface area (TPSA) is 135 Å². The van der Waals surface area contributed by atoms with E-state index in [-0.39, 0.29) is 0 Å². The van der Waals surface area contributed by atoms with Gasteiger partial charge in [0.15, 0.2) is 0 Å². The van der Waals surface area contributed by atoms with Crippen LogP contribution in [0, 0.1) is 0 Å². The van der Waals surface area contributed by atoms with Crippen LogP contribution in [0.1, 0.15) is 0 Å². The molecule has 0 spiro atoms. The van der Waals surface area contributed by atoms with E-state index in [0.717, 1.165) is 14.2 Å². The highest BCUT2D eigenvalue weighted by Gasteiger charge is 2.75. The molecule has 0 bridgehead atoms. The summed E-state index contributed by atoms with van der Waals surface area (Å²) in [4.78, 5) is 46.4. The molecule has 2 aliphatic rings. The zero-order chi connectivity index (χ0) is 13.6. The highest BCUT2D eigenvalue weighted by molar-refractivity contribution is 6.09. The van der Waals surface area contributed by atoms with E-state index in [0.29, 0.717) is 0 Å². The van der Waals surface area contributed by atoms with Gasteiger partial charge in [-0.25, -0.2) is 19.2 Å². The molecule has 0 radical (unpaired) electrons. The molecule has 10 nitrogen and oxygen atoms in total. The number of fused-ring (bicyclic) bond motifs is 1. The van der Waals surface area contributed by atoms with Crippen LogP contribution in [0.2, 0.25) is 0 Å². The number of methoxy groups -OCH3 is 2. The number of carbonyl (C=O) groups is 4. The predicted octanol–water partition coefficient (Wildman–Crippen LogP) is -2.65. The molecule has 2 heterocycles. The van der Waals surface area contributed by atoms with Gasteiger partial charge >= 0.3 is 24.0 Å².